The Morgan fingerprint density at radius 2 is 1.10 bits per heavy atom. The molecule has 0 aliphatic carbocycles. The number of benzene rings is 8. The highest BCUT2D eigenvalue weighted by atomic mass is 32.1. The van der Waals surface area contributed by atoms with Crippen molar-refractivity contribution in [3.8, 4) is 22.3 Å². The molecule has 0 saturated heterocycles. The van der Waals surface area contributed by atoms with Gasteiger partial charge in [-0.1, -0.05) is 121 Å². The molecular weight excluding hydrogens is 615 g/mol. The van der Waals surface area contributed by atoms with Crippen LogP contribution < -0.4 is 4.90 Å². The predicted molar refractivity (Wildman–Crippen MR) is 210 cm³/mol. The third-order valence-corrected chi connectivity index (χ3v) is 10.8. The molecule has 0 atom stereocenters. The largest absolute Gasteiger partial charge is 0.454 e. The van der Waals surface area contributed by atoms with Crippen LogP contribution in [0.15, 0.2) is 180 Å². The van der Waals surface area contributed by atoms with Crippen molar-refractivity contribution in [2.75, 3.05) is 4.90 Å². The van der Waals surface area contributed by atoms with Crippen LogP contribution in [-0.2, 0) is 0 Å². The van der Waals surface area contributed by atoms with E-state index in [4.69, 9.17) is 4.42 Å². The van der Waals surface area contributed by atoms with Gasteiger partial charge in [-0.3, -0.25) is 0 Å². The van der Waals surface area contributed by atoms with Gasteiger partial charge in [-0.2, -0.15) is 0 Å². The average Bonchev–Trinajstić information content (AvgIpc) is 3.73. The topological polar surface area (TPSA) is 16.4 Å². The molecule has 0 saturated carbocycles. The molecule has 0 N–H and O–H groups in total. The summed E-state index contributed by atoms with van der Waals surface area (Å²) < 4.78 is 9.39. The van der Waals surface area contributed by atoms with Crippen molar-refractivity contribution in [1.29, 1.82) is 0 Å². The summed E-state index contributed by atoms with van der Waals surface area (Å²) in [5.41, 5.74) is 9.70. The van der Waals surface area contributed by atoms with E-state index in [1.54, 1.807) is 0 Å². The first-order valence-corrected chi connectivity index (χ1v) is 17.4. The molecule has 0 fully saturated rings. The molecule has 230 valence electrons. The van der Waals surface area contributed by atoms with E-state index in [0.29, 0.717) is 0 Å². The zero-order valence-corrected chi connectivity index (χ0v) is 27.3. The third-order valence-electron chi connectivity index (χ3n) is 9.64. The number of para-hydroxylation sites is 1. The summed E-state index contributed by atoms with van der Waals surface area (Å²) in [6.45, 7) is 0. The van der Waals surface area contributed by atoms with Crippen molar-refractivity contribution in [2.45, 2.75) is 0 Å². The normalized spacial score (nSPS) is 11.7. The second-order valence-corrected chi connectivity index (χ2v) is 13.6. The van der Waals surface area contributed by atoms with E-state index in [2.05, 4.69) is 181 Å². The molecule has 10 aromatic rings. The fraction of sp³-hybridized carbons (Fsp3) is 0. The summed E-state index contributed by atoms with van der Waals surface area (Å²) in [5, 5.41) is 7.22. The van der Waals surface area contributed by atoms with Gasteiger partial charge in [0.15, 0.2) is 5.58 Å². The Hall–Kier alpha value is -6.16. The van der Waals surface area contributed by atoms with Crippen LogP contribution in [0.2, 0.25) is 0 Å². The summed E-state index contributed by atoms with van der Waals surface area (Å²) in [7, 11) is 0. The number of fused-ring (bicyclic) bond motifs is 7. The van der Waals surface area contributed by atoms with E-state index in [1.807, 2.05) is 11.3 Å². The molecule has 8 aromatic carbocycles. The molecule has 0 radical (unpaired) electrons. The van der Waals surface area contributed by atoms with Gasteiger partial charge in [-0.25, -0.2) is 0 Å². The van der Waals surface area contributed by atoms with Crippen LogP contribution in [0.3, 0.4) is 0 Å². The van der Waals surface area contributed by atoms with Gasteiger partial charge in [0.2, 0.25) is 0 Å². The highest BCUT2D eigenvalue weighted by molar-refractivity contribution is 7.25. The number of hydrogen-bond donors (Lipinski definition) is 0. The van der Waals surface area contributed by atoms with Crippen LogP contribution in [0.1, 0.15) is 0 Å². The molecule has 0 unspecified atom stereocenters. The lowest BCUT2D eigenvalue weighted by Gasteiger charge is -2.26. The van der Waals surface area contributed by atoms with Crippen LogP contribution in [0.5, 0.6) is 0 Å². The van der Waals surface area contributed by atoms with E-state index >= 15 is 0 Å². The highest BCUT2D eigenvalue weighted by Crippen LogP contribution is 2.45. The molecule has 0 aliphatic rings. The van der Waals surface area contributed by atoms with Gasteiger partial charge < -0.3 is 9.32 Å². The Morgan fingerprint density at radius 1 is 0.429 bits per heavy atom. The molecule has 0 spiro atoms. The SMILES string of the molecule is c1ccc(-c2ccc(N(c3cccc(-c4cccc5sc6ccccc6c45)c3)c3cccc4c3oc3cc5ccccc5cc34)cc2)cc1. The molecule has 0 amide bonds. The first-order chi connectivity index (χ1) is 24.3. The van der Waals surface area contributed by atoms with Gasteiger partial charge in [-0.15, -0.1) is 11.3 Å². The van der Waals surface area contributed by atoms with Crippen molar-refractivity contribution in [1.82, 2.24) is 0 Å². The van der Waals surface area contributed by atoms with Crippen molar-refractivity contribution >= 4 is 81.3 Å². The summed E-state index contributed by atoms with van der Waals surface area (Å²) in [5.74, 6) is 0. The number of nitrogens with zero attached hydrogens (tertiary/aromatic N) is 1. The Labute approximate surface area is 287 Å². The molecule has 0 aliphatic heterocycles. The minimum absolute atomic E-state index is 0.872. The Bertz CT molecular complexity index is 2830. The van der Waals surface area contributed by atoms with Crippen LogP contribution in [-0.4, -0.2) is 0 Å². The zero-order valence-electron chi connectivity index (χ0n) is 26.5. The van der Waals surface area contributed by atoms with Gasteiger partial charge in [0.25, 0.3) is 0 Å². The van der Waals surface area contributed by atoms with Crippen LogP contribution in [0, 0.1) is 0 Å². The smallest absolute Gasteiger partial charge is 0.159 e. The molecule has 10 rings (SSSR count). The molecule has 2 heterocycles. The second kappa shape index (κ2) is 11.2. The zero-order chi connectivity index (χ0) is 32.3. The van der Waals surface area contributed by atoms with Crippen molar-refractivity contribution in [3.05, 3.63) is 176 Å². The van der Waals surface area contributed by atoms with Crippen LogP contribution in [0.25, 0.3) is 75.1 Å². The van der Waals surface area contributed by atoms with E-state index in [-0.39, 0.29) is 0 Å². The van der Waals surface area contributed by atoms with Crippen molar-refractivity contribution in [2.24, 2.45) is 0 Å². The Balaban J connectivity index is 1.19. The van der Waals surface area contributed by atoms with Crippen LogP contribution in [0.4, 0.5) is 17.1 Å². The molecule has 0 bridgehead atoms. The number of rotatable bonds is 5. The predicted octanol–water partition coefficient (Wildman–Crippen LogP) is 13.9. The maximum atomic E-state index is 6.78. The minimum atomic E-state index is 0.872. The van der Waals surface area contributed by atoms with E-state index in [1.165, 1.54) is 53.2 Å². The number of furan rings is 1. The number of anilines is 3. The summed E-state index contributed by atoms with van der Waals surface area (Å²) >= 11 is 1.86. The molecular formula is C46H29NOS. The monoisotopic (exact) mass is 643 g/mol. The quantitative estimate of drug-likeness (QED) is 0.186. The Morgan fingerprint density at radius 3 is 1.98 bits per heavy atom. The summed E-state index contributed by atoms with van der Waals surface area (Å²) in [4.78, 5) is 2.34. The van der Waals surface area contributed by atoms with E-state index in [9.17, 15) is 0 Å². The van der Waals surface area contributed by atoms with Gasteiger partial charge in [0.05, 0.1) is 5.69 Å². The summed E-state index contributed by atoms with van der Waals surface area (Å²) in [6.07, 6.45) is 0. The van der Waals surface area contributed by atoms with Gasteiger partial charge in [0.1, 0.15) is 5.58 Å². The molecule has 3 heteroatoms. The fourth-order valence-corrected chi connectivity index (χ4v) is 8.47. The average molecular weight is 644 g/mol. The van der Waals surface area contributed by atoms with E-state index < -0.39 is 0 Å². The highest BCUT2D eigenvalue weighted by Gasteiger charge is 2.21. The maximum Gasteiger partial charge on any atom is 0.159 e. The number of thiophene rings is 1. The minimum Gasteiger partial charge on any atom is -0.454 e. The fourth-order valence-electron chi connectivity index (χ4n) is 7.33. The number of hydrogen-bond acceptors (Lipinski definition) is 3. The van der Waals surface area contributed by atoms with Gasteiger partial charge in [0, 0.05) is 42.3 Å². The van der Waals surface area contributed by atoms with Crippen molar-refractivity contribution < 1.29 is 4.42 Å². The maximum absolute atomic E-state index is 6.78. The van der Waals surface area contributed by atoms with Gasteiger partial charge in [-0.05, 0) is 87.6 Å². The van der Waals surface area contributed by atoms with Gasteiger partial charge >= 0.3 is 0 Å². The second-order valence-electron chi connectivity index (χ2n) is 12.5. The standard InChI is InChI=1S/C46H29NOS/c1-2-11-30(12-3-1)31-23-25-35(26-24-31)47(41-20-9-19-38-40-28-32-13-4-5-14-33(32)29-42(40)48-46(38)41)36-16-8-15-34(27-36)37-18-10-22-44-45(37)39-17-6-7-21-43(39)49-44/h1-29H. The lowest BCUT2D eigenvalue weighted by atomic mass is 9.98. The lowest BCUT2D eigenvalue weighted by Crippen LogP contribution is -2.10. The van der Waals surface area contributed by atoms with E-state index in [0.717, 1.165) is 39.0 Å². The lowest BCUT2D eigenvalue weighted by molar-refractivity contribution is 0.669. The van der Waals surface area contributed by atoms with Crippen molar-refractivity contribution in [3.63, 3.8) is 0 Å². The Kier molecular flexibility index (Phi) is 6.39. The van der Waals surface area contributed by atoms with Crippen LogP contribution >= 0.6 is 11.3 Å². The molecule has 2 aromatic heterocycles. The first-order valence-electron chi connectivity index (χ1n) is 16.6. The summed E-state index contributed by atoms with van der Waals surface area (Å²) in [6, 6.07) is 63.1. The molecule has 2 nitrogen and oxygen atoms in total. The first kappa shape index (κ1) is 27.9. The third kappa shape index (κ3) is 4.62. The molecule has 49 heavy (non-hydrogen) atoms.